The largest absolute Gasteiger partial charge is 0.474 e. The maximum absolute atomic E-state index is 14.8. The van der Waals surface area contributed by atoms with Crippen LogP contribution in [0.5, 0.6) is 5.88 Å². The van der Waals surface area contributed by atoms with Crippen molar-refractivity contribution in [3.8, 4) is 11.6 Å². The minimum atomic E-state index is -3.56. The number of carbonyl (C=O) groups is 1. The van der Waals surface area contributed by atoms with Gasteiger partial charge in [-0.1, -0.05) is 0 Å². The molecule has 1 saturated carbocycles. The molecule has 1 amide bonds. The Labute approximate surface area is 212 Å². The van der Waals surface area contributed by atoms with Crippen molar-refractivity contribution in [2.45, 2.75) is 61.3 Å². The summed E-state index contributed by atoms with van der Waals surface area (Å²) in [5.74, 6) is -0.448. The van der Waals surface area contributed by atoms with Crippen LogP contribution < -0.4 is 4.74 Å². The Morgan fingerprint density at radius 1 is 1.19 bits per heavy atom. The number of rotatable bonds is 5. The molecule has 3 fully saturated rings. The maximum atomic E-state index is 14.8. The van der Waals surface area contributed by atoms with Crippen LogP contribution in [0.15, 0.2) is 35.6 Å². The number of piperidine rings is 1. The van der Waals surface area contributed by atoms with Crippen LogP contribution in [0.3, 0.4) is 0 Å². The molecule has 2 aromatic heterocycles. The summed E-state index contributed by atoms with van der Waals surface area (Å²) in [4.78, 5) is 23.1. The van der Waals surface area contributed by atoms with Gasteiger partial charge in [-0.2, -0.15) is 5.10 Å². The Bertz CT molecular complexity index is 1480. The highest BCUT2D eigenvalue weighted by molar-refractivity contribution is 7.90. The molecular weight excluding hydrogens is 505 g/mol. The molecule has 2 bridgehead atoms. The molecule has 6 rings (SSSR count). The van der Waals surface area contributed by atoms with Crippen molar-refractivity contribution in [3.05, 3.63) is 36.5 Å². The third-order valence-corrected chi connectivity index (χ3v) is 8.27. The molecule has 0 N–H and O–H groups in total. The summed E-state index contributed by atoms with van der Waals surface area (Å²) in [7, 11) is -3.56. The lowest BCUT2D eigenvalue weighted by atomic mass is 9.92. The summed E-state index contributed by atoms with van der Waals surface area (Å²) in [5, 5.41) is 4.74. The first-order valence-electron chi connectivity index (χ1n) is 12.1. The molecule has 2 atom stereocenters. The molecule has 1 aromatic carbocycles. The zero-order valence-electron chi connectivity index (χ0n) is 20.3. The van der Waals surface area contributed by atoms with Crippen LogP contribution in [-0.4, -0.2) is 82.4 Å². The molecular formula is C24H26FN5O6S. The second-order valence-electron chi connectivity index (χ2n) is 10.1. The molecule has 0 radical (unpaired) electrons. The Balaban J connectivity index is 1.23. The average molecular weight is 532 g/mol. The molecule has 2 saturated heterocycles. The third kappa shape index (κ3) is 4.50. The summed E-state index contributed by atoms with van der Waals surface area (Å²) in [6.07, 6.45) is 6.14. The van der Waals surface area contributed by atoms with Gasteiger partial charge in [0.1, 0.15) is 34.9 Å². The lowest BCUT2D eigenvalue weighted by molar-refractivity contribution is -0.0953. The van der Waals surface area contributed by atoms with E-state index in [0.717, 1.165) is 25.2 Å². The summed E-state index contributed by atoms with van der Waals surface area (Å²) in [6.45, 7) is 2.75. The lowest BCUT2D eigenvalue weighted by Crippen LogP contribution is -2.61. The van der Waals surface area contributed by atoms with Gasteiger partial charge in [0.05, 0.1) is 36.4 Å². The summed E-state index contributed by atoms with van der Waals surface area (Å²) in [5.41, 5.74) is 0.0183. The van der Waals surface area contributed by atoms with Crippen LogP contribution in [0.25, 0.3) is 16.7 Å². The zero-order valence-corrected chi connectivity index (χ0v) is 21.1. The number of ether oxygens (including phenoxy) is 3. The number of morpholine rings is 1. The molecule has 37 heavy (non-hydrogen) atoms. The number of nitrogens with zero attached hydrogens (tertiary/aromatic N) is 5. The fourth-order valence-electron chi connectivity index (χ4n) is 4.94. The van der Waals surface area contributed by atoms with Gasteiger partial charge in [-0.15, -0.1) is 0 Å². The van der Waals surface area contributed by atoms with Crippen molar-refractivity contribution in [2.24, 2.45) is 0 Å². The summed E-state index contributed by atoms with van der Waals surface area (Å²) < 4.78 is 57.3. The second kappa shape index (κ2) is 8.62. The molecule has 1 aliphatic carbocycles. The number of halogens is 1. The normalized spacial score (nSPS) is 24.6. The molecule has 3 aliphatic rings. The van der Waals surface area contributed by atoms with Gasteiger partial charge in [-0.3, -0.25) is 4.90 Å². The fourth-order valence-corrected chi connectivity index (χ4v) is 5.57. The van der Waals surface area contributed by atoms with Crippen LogP contribution in [0.1, 0.15) is 32.6 Å². The summed E-state index contributed by atoms with van der Waals surface area (Å²) in [6, 6.07) is 3.28. The van der Waals surface area contributed by atoms with Crippen molar-refractivity contribution in [1.29, 1.82) is 0 Å². The molecule has 4 heterocycles. The number of sulfone groups is 1. The Morgan fingerprint density at radius 3 is 2.57 bits per heavy atom. The number of carbonyl (C=O) groups excluding carboxylic acids is 1. The fraction of sp³-hybridized carbons (Fsp3) is 0.500. The Hall–Kier alpha value is -3.32. The van der Waals surface area contributed by atoms with Crippen LogP contribution in [0.2, 0.25) is 0 Å². The van der Waals surface area contributed by atoms with Gasteiger partial charge < -0.3 is 14.2 Å². The summed E-state index contributed by atoms with van der Waals surface area (Å²) >= 11 is 0. The van der Waals surface area contributed by atoms with E-state index in [1.54, 1.807) is 4.90 Å². The van der Waals surface area contributed by atoms with Crippen LogP contribution in [0, 0.1) is 5.82 Å². The predicted octanol–water partition coefficient (Wildman–Crippen LogP) is 2.66. The minimum absolute atomic E-state index is 0.0508. The molecule has 2 aliphatic heterocycles. The van der Waals surface area contributed by atoms with Crippen LogP contribution in [-0.2, 0) is 19.3 Å². The minimum Gasteiger partial charge on any atom is -0.474 e. The number of hydrogen-bond acceptors (Lipinski definition) is 9. The average Bonchev–Trinajstić information content (AvgIpc) is 3.39. The van der Waals surface area contributed by atoms with Crippen LogP contribution in [0.4, 0.5) is 9.18 Å². The van der Waals surface area contributed by atoms with Gasteiger partial charge in [-0.05, 0) is 38.0 Å². The van der Waals surface area contributed by atoms with E-state index in [-0.39, 0.29) is 40.5 Å². The van der Waals surface area contributed by atoms with E-state index in [1.807, 2.05) is 6.92 Å². The quantitative estimate of drug-likeness (QED) is 0.488. The number of hydrogen-bond donors (Lipinski definition) is 0. The zero-order chi connectivity index (χ0) is 25.9. The van der Waals surface area contributed by atoms with Gasteiger partial charge in [-0.25, -0.2) is 32.3 Å². The molecule has 13 heteroatoms. The SMILES string of the molecule is CC1(OC(=O)N2C3COCC2CC(Oc2ncnc4c2cnn4-c2ccc(S(C)(=O)=O)cc2F)C3)CC1. The highest BCUT2D eigenvalue weighted by Gasteiger charge is 2.48. The van der Waals surface area contributed by atoms with Crippen molar-refractivity contribution >= 4 is 27.0 Å². The molecule has 3 aromatic rings. The number of fused-ring (bicyclic) bond motifs is 3. The van der Waals surface area contributed by atoms with E-state index in [0.29, 0.717) is 43.0 Å². The topological polar surface area (TPSA) is 126 Å². The number of benzene rings is 1. The highest BCUT2D eigenvalue weighted by Crippen LogP contribution is 2.41. The first-order chi connectivity index (χ1) is 17.6. The van der Waals surface area contributed by atoms with Gasteiger partial charge in [0.2, 0.25) is 5.88 Å². The Kier molecular flexibility index (Phi) is 5.60. The predicted molar refractivity (Wildman–Crippen MR) is 128 cm³/mol. The van der Waals surface area contributed by atoms with Crippen molar-refractivity contribution in [1.82, 2.24) is 24.6 Å². The van der Waals surface area contributed by atoms with Gasteiger partial charge in [0.15, 0.2) is 15.5 Å². The van der Waals surface area contributed by atoms with Gasteiger partial charge in [0.25, 0.3) is 0 Å². The first kappa shape index (κ1) is 24.0. The third-order valence-electron chi connectivity index (χ3n) is 7.16. The van der Waals surface area contributed by atoms with E-state index in [4.69, 9.17) is 14.2 Å². The number of amides is 1. The first-order valence-corrected chi connectivity index (χ1v) is 13.9. The molecule has 0 spiro atoms. The van der Waals surface area contributed by atoms with Gasteiger partial charge >= 0.3 is 6.09 Å². The number of aromatic nitrogens is 4. The van der Waals surface area contributed by atoms with Crippen molar-refractivity contribution in [2.75, 3.05) is 19.5 Å². The van der Waals surface area contributed by atoms with E-state index in [2.05, 4.69) is 15.1 Å². The standard InChI is InChI=1S/C24H26FN5O6S/c1-24(5-6-24)36-23(31)29-14-7-16(8-15(29)12-34-11-14)35-22-18-10-28-30(21(18)26-13-27-22)20-4-3-17(9-19(20)25)37(2,32)33/h3-4,9-10,13-16H,5-8,11-12H2,1-2H3. The monoisotopic (exact) mass is 531 g/mol. The molecule has 196 valence electrons. The van der Waals surface area contributed by atoms with Crippen molar-refractivity contribution in [3.63, 3.8) is 0 Å². The van der Waals surface area contributed by atoms with Gasteiger partial charge in [0, 0.05) is 19.1 Å². The van der Waals surface area contributed by atoms with E-state index in [9.17, 15) is 17.6 Å². The second-order valence-corrected chi connectivity index (χ2v) is 12.2. The maximum Gasteiger partial charge on any atom is 0.410 e. The molecule has 2 unspecified atom stereocenters. The smallest absolute Gasteiger partial charge is 0.410 e. The Morgan fingerprint density at radius 2 is 1.92 bits per heavy atom. The van der Waals surface area contributed by atoms with Crippen molar-refractivity contribution < 1.29 is 31.8 Å². The van der Waals surface area contributed by atoms with E-state index < -0.39 is 15.7 Å². The van der Waals surface area contributed by atoms with E-state index in [1.165, 1.54) is 29.3 Å². The highest BCUT2D eigenvalue weighted by atomic mass is 32.2. The molecule has 11 nitrogen and oxygen atoms in total. The van der Waals surface area contributed by atoms with E-state index >= 15 is 0 Å². The lowest BCUT2D eigenvalue weighted by Gasteiger charge is -2.47. The van der Waals surface area contributed by atoms with Crippen LogP contribution >= 0.6 is 0 Å².